The highest BCUT2D eigenvalue weighted by atomic mass is 16.5. The van der Waals surface area contributed by atoms with E-state index in [1.807, 2.05) is 44.2 Å². The Labute approximate surface area is 141 Å². The van der Waals surface area contributed by atoms with E-state index < -0.39 is 0 Å². The van der Waals surface area contributed by atoms with Gasteiger partial charge in [-0.2, -0.15) is 0 Å². The lowest BCUT2D eigenvalue weighted by atomic mass is 10.1. The maximum atomic E-state index is 12.1. The van der Waals surface area contributed by atoms with Gasteiger partial charge >= 0.3 is 0 Å². The van der Waals surface area contributed by atoms with E-state index in [4.69, 9.17) is 9.47 Å². The van der Waals surface area contributed by atoms with Crippen LogP contribution in [0, 0.1) is 0 Å². The predicted molar refractivity (Wildman–Crippen MR) is 91.5 cm³/mol. The second-order valence-corrected chi connectivity index (χ2v) is 5.25. The van der Waals surface area contributed by atoms with Crippen molar-refractivity contribution in [2.24, 2.45) is 0 Å². The highest BCUT2D eigenvalue weighted by molar-refractivity contribution is 5.78. The predicted octanol–water partition coefficient (Wildman–Crippen LogP) is 3.15. The molecule has 2 rings (SSSR count). The average molecular weight is 327 g/mol. The third-order valence-corrected chi connectivity index (χ3v) is 3.44. The zero-order valence-corrected chi connectivity index (χ0v) is 13.8. The minimum absolute atomic E-state index is 0.105. The molecule has 0 unspecified atom stereocenters. The summed E-state index contributed by atoms with van der Waals surface area (Å²) in [6.07, 6.45) is 0.737. The first kappa shape index (κ1) is 17.5. The topological polar surface area (TPSA) is 64.6 Å². The summed E-state index contributed by atoms with van der Waals surface area (Å²) < 4.78 is 11.0. The quantitative estimate of drug-likeness (QED) is 0.757. The van der Waals surface area contributed by atoms with Crippen LogP contribution in [0.15, 0.2) is 48.5 Å². The molecule has 0 aliphatic carbocycles. The summed E-state index contributed by atoms with van der Waals surface area (Å²) in [7, 11) is 0. The van der Waals surface area contributed by atoms with Crippen molar-refractivity contribution in [3.05, 3.63) is 59.7 Å². The van der Waals surface area contributed by atoms with Crippen LogP contribution in [0.3, 0.4) is 0 Å². The Bertz CT molecular complexity index is 685. The van der Waals surface area contributed by atoms with Crippen LogP contribution < -0.4 is 14.8 Å². The van der Waals surface area contributed by atoms with Crippen LogP contribution in [-0.4, -0.2) is 25.4 Å². The zero-order chi connectivity index (χ0) is 17.4. The normalized spacial score (nSPS) is 11.4. The molecule has 24 heavy (non-hydrogen) atoms. The van der Waals surface area contributed by atoms with Gasteiger partial charge in [0.1, 0.15) is 6.29 Å². The molecule has 0 fully saturated rings. The van der Waals surface area contributed by atoms with Crippen LogP contribution in [0.2, 0.25) is 0 Å². The molecule has 0 radical (unpaired) electrons. The number of amides is 1. The fourth-order valence-corrected chi connectivity index (χ4v) is 2.24. The fraction of sp³-hybridized carbons (Fsp3) is 0.263. The Hall–Kier alpha value is -2.82. The summed E-state index contributed by atoms with van der Waals surface area (Å²) in [5.74, 6) is 0.657. The van der Waals surface area contributed by atoms with Crippen molar-refractivity contribution in [1.29, 1.82) is 0 Å². The molecule has 1 atom stereocenters. The summed E-state index contributed by atoms with van der Waals surface area (Å²) in [6.45, 7) is 4.07. The fourth-order valence-electron chi connectivity index (χ4n) is 2.24. The van der Waals surface area contributed by atoms with Crippen LogP contribution in [0.4, 0.5) is 0 Å². The molecule has 1 N–H and O–H groups in total. The van der Waals surface area contributed by atoms with Crippen molar-refractivity contribution in [3.63, 3.8) is 0 Å². The molecule has 0 heterocycles. The van der Waals surface area contributed by atoms with Gasteiger partial charge in [-0.05, 0) is 37.6 Å². The summed E-state index contributed by atoms with van der Waals surface area (Å²) in [4.78, 5) is 22.9. The Morgan fingerprint density at radius 1 is 1.12 bits per heavy atom. The smallest absolute Gasteiger partial charge is 0.258 e. The Balaban J connectivity index is 1.95. The summed E-state index contributed by atoms with van der Waals surface area (Å²) >= 11 is 0. The highest BCUT2D eigenvalue weighted by Crippen LogP contribution is 2.28. The third kappa shape index (κ3) is 4.84. The first-order valence-electron chi connectivity index (χ1n) is 7.83. The maximum Gasteiger partial charge on any atom is 0.258 e. The van der Waals surface area contributed by atoms with E-state index in [0.717, 1.165) is 11.8 Å². The van der Waals surface area contributed by atoms with Crippen molar-refractivity contribution in [3.8, 4) is 11.5 Å². The van der Waals surface area contributed by atoms with Gasteiger partial charge in [-0.25, -0.2) is 0 Å². The van der Waals surface area contributed by atoms with Crippen molar-refractivity contribution >= 4 is 12.2 Å². The molecule has 0 aromatic heterocycles. The van der Waals surface area contributed by atoms with Crippen LogP contribution in [0.5, 0.6) is 11.5 Å². The van der Waals surface area contributed by atoms with Gasteiger partial charge in [-0.15, -0.1) is 0 Å². The number of rotatable bonds is 8. The van der Waals surface area contributed by atoms with Crippen LogP contribution in [0.25, 0.3) is 0 Å². The molecular weight excluding hydrogens is 306 g/mol. The monoisotopic (exact) mass is 327 g/mol. The molecule has 0 spiro atoms. The van der Waals surface area contributed by atoms with E-state index in [1.54, 1.807) is 18.2 Å². The van der Waals surface area contributed by atoms with Crippen molar-refractivity contribution in [2.75, 3.05) is 13.2 Å². The second kappa shape index (κ2) is 8.72. The van der Waals surface area contributed by atoms with Gasteiger partial charge in [-0.1, -0.05) is 30.3 Å². The average Bonchev–Trinajstić information content (AvgIpc) is 2.61. The molecule has 0 bridgehead atoms. The lowest BCUT2D eigenvalue weighted by Crippen LogP contribution is -2.31. The first-order chi connectivity index (χ1) is 11.6. The Kier molecular flexibility index (Phi) is 6.37. The van der Waals surface area contributed by atoms with Crippen LogP contribution >= 0.6 is 0 Å². The van der Waals surface area contributed by atoms with E-state index in [-0.39, 0.29) is 18.6 Å². The Morgan fingerprint density at radius 3 is 2.54 bits per heavy atom. The third-order valence-electron chi connectivity index (χ3n) is 3.44. The number of hydrogen-bond acceptors (Lipinski definition) is 4. The van der Waals surface area contributed by atoms with Crippen LogP contribution in [-0.2, 0) is 4.79 Å². The van der Waals surface area contributed by atoms with Gasteiger partial charge in [-0.3, -0.25) is 9.59 Å². The van der Waals surface area contributed by atoms with E-state index in [0.29, 0.717) is 23.7 Å². The first-order valence-corrected chi connectivity index (χ1v) is 7.83. The standard InChI is InChI=1S/C19H21NO4/c1-3-23-18-11-15(12-21)9-10-17(18)24-13-19(22)20-14(2)16-7-5-4-6-8-16/h4-12,14H,3,13H2,1-2H3,(H,20,22)/t14-/m1/s1. The van der Waals surface area contributed by atoms with Gasteiger partial charge < -0.3 is 14.8 Å². The molecule has 5 heteroatoms. The second-order valence-electron chi connectivity index (χ2n) is 5.25. The minimum Gasteiger partial charge on any atom is -0.490 e. The number of benzene rings is 2. The molecule has 0 saturated heterocycles. The van der Waals surface area contributed by atoms with E-state index in [1.165, 1.54) is 0 Å². The van der Waals surface area contributed by atoms with Gasteiger partial charge in [0.25, 0.3) is 5.91 Å². The van der Waals surface area contributed by atoms with E-state index in [9.17, 15) is 9.59 Å². The van der Waals surface area contributed by atoms with Gasteiger partial charge in [0.2, 0.25) is 0 Å². The number of carbonyl (C=O) groups is 2. The molecule has 0 saturated carbocycles. The molecule has 0 aliphatic rings. The van der Waals surface area contributed by atoms with Crippen molar-refractivity contribution in [1.82, 2.24) is 5.32 Å². The number of carbonyl (C=O) groups excluding carboxylic acids is 2. The van der Waals surface area contributed by atoms with Gasteiger partial charge in [0.05, 0.1) is 12.6 Å². The minimum atomic E-state index is -0.228. The summed E-state index contributed by atoms with van der Waals surface area (Å²) in [5, 5.41) is 2.88. The molecule has 5 nitrogen and oxygen atoms in total. The maximum absolute atomic E-state index is 12.1. The van der Waals surface area contributed by atoms with Crippen molar-refractivity contribution < 1.29 is 19.1 Å². The highest BCUT2D eigenvalue weighted by Gasteiger charge is 2.12. The molecular formula is C19H21NO4. The number of hydrogen-bond donors (Lipinski definition) is 1. The van der Waals surface area contributed by atoms with E-state index in [2.05, 4.69) is 5.32 Å². The Morgan fingerprint density at radius 2 is 1.88 bits per heavy atom. The summed E-state index contributed by atoms with van der Waals surface area (Å²) in [6, 6.07) is 14.4. The molecule has 2 aromatic rings. The number of aldehydes is 1. The zero-order valence-electron chi connectivity index (χ0n) is 13.8. The van der Waals surface area contributed by atoms with Crippen molar-refractivity contribution in [2.45, 2.75) is 19.9 Å². The van der Waals surface area contributed by atoms with Gasteiger partial charge in [0.15, 0.2) is 18.1 Å². The number of ether oxygens (including phenoxy) is 2. The number of nitrogens with one attached hydrogen (secondary N) is 1. The molecule has 0 aliphatic heterocycles. The van der Waals surface area contributed by atoms with E-state index >= 15 is 0 Å². The molecule has 2 aromatic carbocycles. The SMILES string of the molecule is CCOc1cc(C=O)ccc1OCC(=O)N[C@H](C)c1ccccc1. The molecule has 126 valence electrons. The summed E-state index contributed by atoms with van der Waals surface area (Å²) in [5.41, 5.74) is 1.52. The lowest BCUT2D eigenvalue weighted by molar-refractivity contribution is -0.123. The lowest BCUT2D eigenvalue weighted by Gasteiger charge is -2.16. The molecule has 1 amide bonds. The largest absolute Gasteiger partial charge is 0.490 e. The van der Waals surface area contributed by atoms with Crippen LogP contribution in [0.1, 0.15) is 35.8 Å². The van der Waals surface area contributed by atoms with Gasteiger partial charge in [0, 0.05) is 5.56 Å².